The van der Waals surface area contributed by atoms with Crippen LogP contribution in [0.5, 0.6) is 0 Å². The molecule has 3 rings (SSSR count). The smallest absolute Gasteiger partial charge is 0.224 e. The molecular weight excluding hydrogens is 378 g/mol. The van der Waals surface area contributed by atoms with E-state index in [9.17, 15) is 14.4 Å². The van der Waals surface area contributed by atoms with Crippen molar-refractivity contribution >= 4 is 17.7 Å². The zero-order chi connectivity index (χ0) is 21.2. The van der Waals surface area contributed by atoms with Gasteiger partial charge in [0.2, 0.25) is 17.7 Å². The normalized spacial score (nSPS) is 21.9. The van der Waals surface area contributed by atoms with E-state index in [0.717, 1.165) is 77.0 Å². The average molecular weight is 420 g/mol. The monoisotopic (exact) mass is 419 g/mol. The van der Waals surface area contributed by atoms with E-state index < -0.39 is 5.92 Å². The lowest BCUT2D eigenvalue weighted by molar-refractivity contribution is -0.134. The van der Waals surface area contributed by atoms with Crippen molar-refractivity contribution in [3.8, 4) is 0 Å². The minimum atomic E-state index is -0.584. The van der Waals surface area contributed by atoms with Gasteiger partial charge in [-0.15, -0.1) is 0 Å². The van der Waals surface area contributed by atoms with Crippen LogP contribution in [0.25, 0.3) is 0 Å². The molecule has 6 heteroatoms. The van der Waals surface area contributed by atoms with Gasteiger partial charge in [-0.25, -0.2) is 0 Å². The predicted octanol–water partition coefficient (Wildman–Crippen LogP) is 3.73. The maximum atomic E-state index is 13.0. The Kier molecular flexibility index (Phi) is 9.47. The molecule has 0 unspecified atom stereocenters. The fourth-order valence-electron chi connectivity index (χ4n) is 5.34. The Hall–Kier alpha value is -1.59. The number of carbonyl (C=O) groups is 3. The third-order valence-electron chi connectivity index (χ3n) is 7.13. The molecule has 170 valence electrons. The molecule has 3 N–H and O–H groups in total. The number of amides is 3. The fourth-order valence-corrected chi connectivity index (χ4v) is 5.34. The van der Waals surface area contributed by atoms with E-state index in [1.54, 1.807) is 0 Å². The first-order chi connectivity index (χ1) is 14.6. The lowest BCUT2D eigenvalue weighted by Crippen LogP contribution is -2.45. The summed E-state index contributed by atoms with van der Waals surface area (Å²) in [5, 5.41) is 9.36. The first kappa shape index (κ1) is 23.1. The molecule has 0 saturated heterocycles. The summed E-state index contributed by atoms with van der Waals surface area (Å²) in [7, 11) is 0. The van der Waals surface area contributed by atoms with Gasteiger partial charge in [0.05, 0.1) is 5.92 Å². The second-order valence-corrected chi connectivity index (χ2v) is 9.75. The van der Waals surface area contributed by atoms with E-state index in [-0.39, 0.29) is 48.7 Å². The molecule has 3 amide bonds. The van der Waals surface area contributed by atoms with Crippen molar-refractivity contribution in [2.45, 2.75) is 127 Å². The van der Waals surface area contributed by atoms with Crippen LogP contribution in [0.2, 0.25) is 0 Å². The highest BCUT2D eigenvalue weighted by atomic mass is 16.2. The second kappa shape index (κ2) is 12.3. The summed E-state index contributed by atoms with van der Waals surface area (Å²) < 4.78 is 0. The quantitative estimate of drug-likeness (QED) is 0.560. The number of carbonyl (C=O) groups excluding carboxylic acids is 3. The van der Waals surface area contributed by atoms with Crippen molar-refractivity contribution in [2.75, 3.05) is 0 Å². The van der Waals surface area contributed by atoms with Gasteiger partial charge in [-0.1, -0.05) is 57.8 Å². The van der Waals surface area contributed by atoms with E-state index in [1.807, 2.05) is 0 Å². The summed E-state index contributed by atoms with van der Waals surface area (Å²) in [5.41, 5.74) is 0. The number of hydrogen-bond acceptors (Lipinski definition) is 3. The van der Waals surface area contributed by atoms with Crippen molar-refractivity contribution in [3.05, 3.63) is 0 Å². The van der Waals surface area contributed by atoms with E-state index in [1.165, 1.54) is 19.3 Å². The van der Waals surface area contributed by atoms with Gasteiger partial charge in [0.1, 0.15) is 0 Å². The molecule has 0 spiro atoms. The van der Waals surface area contributed by atoms with Crippen molar-refractivity contribution < 1.29 is 14.4 Å². The Morgan fingerprint density at radius 2 is 0.867 bits per heavy atom. The lowest BCUT2D eigenvalue weighted by Gasteiger charge is -2.27. The van der Waals surface area contributed by atoms with Crippen LogP contribution < -0.4 is 16.0 Å². The van der Waals surface area contributed by atoms with Gasteiger partial charge in [0.15, 0.2) is 0 Å². The van der Waals surface area contributed by atoms with Crippen LogP contribution in [0.3, 0.4) is 0 Å². The van der Waals surface area contributed by atoms with Gasteiger partial charge in [0, 0.05) is 31.0 Å². The van der Waals surface area contributed by atoms with Crippen LogP contribution >= 0.6 is 0 Å². The van der Waals surface area contributed by atoms with Crippen LogP contribution in [0.4, 0.5) is 0 Å². The van der Waals surface area contributed by atoms with Crippen LogP contribution in [0.1, 0.15) is 109 Å². The van der Waals surface area contributed by atoms with Crippen LogP contribution in [-0.2, 0) is 14.4 Å². The summed E-state index contributed by atoms with van der Waals surface area (Å²) in [6.45, 7) is 0. The summed E-state index contributed by atoms with van der Waals surface area (Å²) in [5.74, 6) is -0.883. The average Bonchev–Trinajstić information content (AvgIpc) is 2.75. The molecule has 0 aromatic carbocycles. The van der Waals surface area contributed by atoms with Crippen molar-refractivity contribution in [1.29, 1.82) is 0 Å². The Balaban J connectivity index is 1.53. The molecule has 0 heterocycles. The molecule has 3 aliphatic rings. The molecule has 0 radical (unpaired) electrons. The predicted molar refractivity (Wildman–Crippen MR) is 118 cm³/mol. The number of rotatable bonds is 8. The minimum absolute atomic E-state index is 0.0869. The first-order valence-electron chi connectivity index (χ1n) is 12.5. The van der Waals surface area contributed by atoms with E-state index in [0.29, 0.717) is 0 Å². The van der Waals surface area contributed by atoms with E-state index in [2.05, 4.69) is 16.0 Å². The second-order valence-electron chi connectivity index (χ2n) is 9.75. The van der Waals surface area contributed by atoms with Gasteiger partial charge in [0.25, 0.3) is 0 Å². The standard InChI is InChI=1S/C24H41N3O3/c28-22(25-19-10-4-1-5-11-19)16-18(24(30)27-21-14-8-3-9-15-21)17-23(29)26-20-12-6-2-7-13-20/h18-21H,1-17H2,(H,25,28)(H,26,29)(H,27,30). The van der Waals surface area contributed by atoms with Crippen LogP contribution in [0.15, 0.2) is 0 Å². The zero-order valence-corrected chi connectivity index (χ0v) is 18.6. The van der Waals surface area contributed by atoms with Crippen molar-refractivity contribution in [2.24, 2.45) is 5.92 Å². The van der Waals surface area contributed by atoms with Gasteiger partial charge >= 0.3 is 0 Å². The largest absolute Gasteiger partial charge is 0.353 e. The highest BCUT2D eigenvalue weighted by molar-refractivity contribution is 5.90. The summed E-state index contributed by atoms with van der Waals surface area (Å²) in [4.78, 5) is 38.3. The molecule has 0 atom stereocenters. The lowest BCUT2D eigenvalue weighted by atomic mass is 9.92. The minimum Gasteiger partial charge on any atom is -0.353 e. The molecule has 3 aliphatic carbocycles. The third kappa shape index (κ3) is 7.92. The van der Waals surface area contributed by atoms with Crippen LogP contribution in [-0.4, -0.2) is 35.8 Å². The number of nitrogens with one attached hydrogen (secondary N) is 3. The summed E-state index contributed by atoms with van der Waals surface area (Å²) in [6.07, 6.45) is 16.9. The molecular formula is C24H41N3O3. The van der Waals surface area contributed by atoms with E-state index >= 15 is 0 Å². The Morgan fingerprint density at radius 3 is 1.23 bits per heavy atom. The zero-order valence-electron chi connectivity index (χ0n) is 18.6. The first-order valence-corrected chi connectivity index (χ1v) is 12.5. The van der Waals surface area contributed by atoms with Gasteiger partial charge < -0.3 is 16.0 Å². The highest BCUT2D eigenvalue weighted by Crippen LogP contribution is 2.21. The maximum absolute atomic E-state index is 13.0. The summed E-state index contributed by atoms with van der Waals surface area (Å²) in [6, 6.07) is 0.644. The van der Waals surface area contributed by atoms with Gasteiger partial charge in [-0.3, -0.25) is 14.4 Å². The maximum Gasteiger partial charge on any atom is 0.224 e. The third-order valence-corrected chi connectivity index (χ3v) is 7.13. The molecule has 3 fully saturated rings. The fraction of sp³-hybridized carbons (Fsp3) is 0.875. The van der Waals surface area contributed by atoms with Gasteiger partial charge in [-0.2, -0.15) is 0 Å². The van der Waals surface area contributed by atoms with Gasteiger partial charge in [-0.05, 0) is 38.5 Å². The Morgan fingerprint density at radius 1 is 0.533 bits per heavy atom. The molecule has 30 heavy (non-hydrogen) atoms. The molecule has 6 nitrogen and oxygen atoms in total. The Bertz CT molecular complexity index is 528. The number of hydrogen-bond donors (Lipinski definition) is 3. The van der Waals surface area contributed by atoms with Crippen LogP contribution in [0, 0.1) is 5.92 Å². The molecule has 0 aromatic heterocycles. The molecule has 0 bridgehead atoms. The summed E-state index contributed by atoms with van der Waals surface area (Å²) >= 11 is 0. The van der Waals surface area contributed by atoms with E-state index in [4.69, 9.17) is 0 Å². The van der Waals surface area contributed by atoms with Crippen molar-refractivity contribution in [3.63, 3.8) is 0 Å². The topological polar surface area (TPSA) is 87.3 Å². The Labute approximate surface area is 181 Å². The molecule has 3 saturated carbocycles. The highest BCUT2D eigenvalue weighted by Gasteiger charge is 2.29. The van der Waals surface area contributed by atoms with Crippen molar-refractivity contribution in [1.82, 2.24) is 16.0 Å². The SMILES string of the molecule is O=C(CC(CC(=O)NC1CCCCC1)C(=O)NC1CCCCC1)NC1CCCCC1. The molecule has 0 aliphatic heterocycles. The molecule has 0 aromatic rings.